The van der Waals surface area contributed by atoms with Crippen molar-refractivity contribution in [2.24, 2.45) is 5.92 Å². The third kappa shape index (κ3) is 2.86. The minimum atomic E-state index is -0.0811. The van der Waals surface area contributed by atoms with Gasteiger partial charge < -0.3 is 15.4 Å². The van der Waals surface area contributed by atoms with Crippen molar-refractivity contribution >= 4 is 17.2 Å². The second-order valence-corrected chi connectivity index (χ2v) is 5.26. The van der Waals surface area contributed by atoms with E-state index in [1.807, 2.05) is 31.5 Å². The fourth-order valence-electron chi connectivity index (χ4n) is 2.03. The molecule has 1 saturated heterocycles. The number of nitrogens with one attached hydrogen (secondary N) is 2. The maximum atomic E-state index is 12.1. The van der Waals surface area contributed by atoms with Crippen molar-refractivity contribution in [3.8, 4) is 0 Å². The smallest absolute Gasteiger partial charge is 0.227 e. The van der Waals surface area contributed by atoms with Crippen LogP contribution in [-0.4, -0.2) is 32.2 Å². The van der Waals surface area contributed by atoms with Crippen LogP contribution in [0.1, 0.15) is 17.8 Å². The van der Waals surface area contributed by atoms with Gasteiger partial charge in [-0.25, -0.2) is 0 Å². The lowest BCUT2D eigenvalue weighted by molar-refractivity contribution is -0.126. The first-order valence-electron chi connectivity index (χ1n) is 5.81. The number of carbonyl (C=O) groups excluding carboxylic acids is 1. The molecule has 0 aromatic carbocycles. The van der Waals surface area contributed by atoms with E-state index in [0.29, 0.717) is 13.2 Å². The predicted octanol–water partition coefficient (Wildman–Crippen LogP) is 1.16. The summed E-state index contributed by atoms with van der Waals surface area (Å²) >= 11 is 1.66. The first kappa shape index (κ1) is 12.5. The van der Waals surface area contributed by atoms with Crippen molar-refractivity contribution in [2.45, 2.75) is 19.0 Å². The van der Waals surface area contributed by atoms with Crippen LogP contribution >= 0.6 is 11.3 Å². The van der Waals surface area contributed by atoms with E-state index in [-0.39, 0.29) is 23.9 Å². The minimum Gasteiger partial charge on any atom is -0.379 e. The zero-order chi connectivity index (χ0) is 12.3. The van der Waals surface area contributed by atoms with Crippen molar-refractivity contribution in [3.05, 3.63) is 22.4 Å². The zero-order valence-electron chi connectivity index (χ0n) is 10.1. The van der Waals surface area contributed by atoms with E-state index in [0.717, 1.165) is 0 Å². The van der Waals surface area contributed by atoms with E-state index in [4.69, 9.17) is 4.74 Å². The molecule has 5 heteroatoms. The van der Waals surface area contributed by atoms with Crippen molar-refractivity contribution in [3.63, 3.8) is 0 Å². The van der Waals surface area contributed by atoms with Gasteiger partial charge in [-0.1, -0.05) is 6.07 Å². The zero-order valence-corrected chi connectivity index (χ0v) is 10.9. The van der Waals surface area contributed by atoms with Gasteiger partial charge in [-0.3, -0.25) is 4.79 Å². The number of carbonyl (C=O) groups is 1. The molecule has 0 saturated carbocycles. The highest BCUT2D eigenvalue weighted by Crippen LogP contribution is 2.20. The Kier molecular flexibility index (Phi) is 4.15. The highest BCUT2D eigenvalue weighted by Gasteiger charge is 2.33. The molecule has 1 amide bonds. The summed E-state index contributed by atoms with van der Waals surface area (Å²) in [6.07, 6.45) is 0. The van der Waals surface area contributed by atoms with Crippen molar-refractivity contribution < 1.29 is 9.53 Å². The quantitative estimate of drug-likeness (QED) is 0.848. The average Bonchev–Trinajstić information content (AvgIpc) is 2.99. The second kappa shape index (κ2) is 5.62. The molecule has 0 bridgehead atoms. The third-order valence-corrected chi connectivity index (χ3v) is 4.17. The molecule has 1 fully saturated rings. The molecule has 2 rings (SSSR count). The number of amides is 1. The van der Waals surface area contributed by atoms with Crippen molar-refractivity contribution in [2.75, 3.05) is 20.3 Å². The summed E-state index contributed by atoms with van der Waals surface area (Å²) < 4.78 is 5.33. The molecule has 4 nitrogen and oxygen atoms in total. The molecule has 0 aliphatic carbocycles. The van der Waals surface area contributed by atoms with Crippen LogP contribution in [0.25, 0.3) is 0 Å². The summed E-state index contributed by atoms with van der Waals surface area (Å²) in [6.45, 7) is 3.13. The lowest BCUT2D eigenvalue weighted by atomic mass is 10.0. The van der Waals surface area contributed by atoms with Gasteiger partial charge in [0.2, 0.25) is 5.91 Å². The third-order valence-electron chi connectivity index (χ3n) is 3.12. The van der Waals surface area contributed by atoms with Gasteiger partial charge in [-0.2, -0.15) is 0 Å². The summed E-state index contributed by atoms with van der Waals surface area (Å²) in [6, 6.07) is 4.24. The molecule has 3 unspecified atom stereocenters. The van der Waals surface area contributed by atoms with E-state index in [9.17, 15) is 4.79 Å². The van der Waals surface area contributed by atoms with Crippen LogP contribution in [0.3, 0.4) is 0 Å². The molecule has 1 aliphatic rings. The molecular formula is C12H18N2O2S. The van der Waals surface area contributed by atoms with Gasteiger partial charge in [0.05, 0.1) is 25.2 Å². The molecule has 1 aromatic rings. The predicted molar refractivity (Wildman–Crippen MR) is 68.0 cm³/mol. The standard InChI is InChI=1S/C12H18N2O2S/c1-8(11-4-3-5-17-11)14-12(15)9-6-16-7-10(9)13-2/h3-5,8-10,13H,6-7H2,1-2H3,(H,14,15). The van der Waals surface area contributed by atoms with E-state index in [2.05, 4.69) is 10.6 Å². The number of likely N-dealkylation sites (N-methyl/N-ethyl adjacent to an activating group) is 1. The van der Waals surface area contributed by atoms with Gasteiger partial charge in [0, 0.05) is 10.9 Å². The first-order chi connectivity index (χ1) is 8.22. The first-order valence-corrected chi connectivity index (χ1v) is 6.69. The Morgan fingerprint density at radius 3 is 3.06 bits per heavy atom. The normalized spacial score (nSPS) is 25.8. The maximum Gasteiger partial charge on any atom is 0.227 e. The van der Waals surface area contributed by atoms with Gasteiger partial charge >= 0.3 is 0 Å². The van der Waals surface area contributed by atoms with Crippen molar-refractivity contribution in [1.29, 1.82) is 0 Å². The lowest BCUT2D eigenvalue weighted by Crippen LogP contribution is -2.43. The van der Waals surface area contributed by atoms with Gasteiger partial charge in [-0.15, -0.1) is 11.3 Å². The van der Waals surface area contributed by atoms with Gasteiger partial charge in [-0.05, 0) is 25.4 Å². The Hall–Kier alpha value is -0.910. The van der Waals surface area contributed by atoms with E-state index in [1.54, 1.807) is 11.3 Å². The molecule has 17 heavy (non-hydrogen) atoms. The van der Waals surface area contributed by atoms with E-state index >= 15 is 0 Å². The van der Waals surface area contributed by atoms with Gasteiger partial charge in [0.25, 0.3) is 0 Å². The lowest BCUT2D eigenvalue weighted by Gasteiger charge is -2.19. The van der Waals surface area contributed by atoms with E-state index in [1.165, 1.54) is 4.88 Å². The summed E-state index contributed by atoms with van der Waals surface area (Å²) in [4.78, 5) is 13.3. The molecule has 2 heterocycles. The second-order valence-electron chi connectivity index (χ2n) is 4.28. The molecule has 1 aromatic heterocycles. The molecule has 2 N–H and O–H groups in total. The van der Waals surface area contributed by atoms with Gasteiger partial charge in [0.1, 0.15) is 0 Å². The Bertz CT molecular complexity index is 367. The molecule has 0 spiro atoms. The van der Waals surface area contributed by atoms with Crippen LogP contribution in [0.4, 0.5) is 0 Å². The van der Waals surface area contributed by atoms with Crippen LogP contribution in [0, 0.1) is 5.92 Å². The Balaban J connectivity index is 1.92. The molecule has 0 radical (unpaired) electrons. The number of thiophene rings is 1. The molecule has 1 aliphatic heterocycles. The summed E-state index contributed by atoms with van der Waals surface area (Å²) in [7, 11) is 1.86. The monoisotopic (exact) mass is 254 g/mol. The molecular weight excluding hydrogens is 236 g/mol. The fraction of sp³-hybridized carbons (Fsp3) is 0.583. The highest BCUT2D eigenvalue weighted by molar-refractivity contribution is 7.10. The number of ether oxygens (including phenoxy) is 1. The van der Waals surface area contributed by atoms with Crippen LogP contribution in [0.15, 0.2) is 17.5 Å². The summed E-state index contributed by atoms with van der Waals surface area (Å²) in [5, 5.41) is 8.18. The van der Waals surface area contributed by atoms with E-state index < -0.39 is 0 Å². The Labute approximate surface area is 105 Å². The Morgan fingerprint density at radius 1 is 1.59 bits per heavy atom. The summed E-state index contributed by atoms with van der Waals surface area (Å²) in [5.41, 5.74) is 0. The number of hydrogen-bond donors (Lipinski definition) is 2. The Morgan fingerprint density at radius 2 is 2.41 bits per heavy atom. The van der Waals surface area contributed by atoms with Gasteiger partial charge in [0.15, 0.2) is 0 Å². The largest absolute Gasteiger partial charge is 0.379 e. The van der Waals surface area contributed by atoms with Crippen LogP contribution < -0.4 is 10.6 Å². The highest BCUT2D eigenvalue weighted by atomic mass is 32.1. The minimum absolute atomic E-state index is 0.0700. The maximum absolute atomic E-state index is 12.1. The average molecular weight is 254 g/mol. The number of rotatable bonds is 4. The topological polar surface area (TPSA) is 50.4 Å². The molecule has 94 valence electrons. The van der Waals surface area contributed by atoms with Crippen molar-refractivity contribution in [1.82, 2.24) is 10.6 Å². The summed E-state index contributed by atoms with van der Waals surface area (Å²) in [5.74, 6) is -0.00911. The van der Waals surface area contributed by atoms with Crippen LogP contribution in [0.5, 0.6) is 0 Å². The fourth-order valence-corrected chi connectivity index (χ4v) is 2.76. The molecule has 3 atom stereocenters. The van der Waals surface area contributed by atoms with Crippen LogP contribution in [0.2, 0.25) is 0 Å². The van der Waals surface area contributed by atoms with Crippen LogP contribution in [-0.2, 0) is 9.53 Å². The number of hydrogen-bond acceptors (Lipinski definition) is 4. The SMILES string of the molecule is CNC1COCC1C(=O)NC(C)c1cccs1.